The number of hydrogen-bond acceptors (Lipinski definition) is 2. The van der Waals surface area contributed by atoms with E-state index >= 15 is 0 Å². The third-order valence-corrected chi connectivity index (χ3v) is 4.33. The number of benzene rings is 1. The molecule has 0 aromatic heterocycles. The van der Waals surface area contributed by atoms with Gasteiger partial charge in [-0.15, -0.1) is 0 Å². The Bertz CT molecular complexity index is 422. The fraction of sp³-hybridized carbons (Fsp3) is 0.533. The summed E-state index contributed by atoms with van der Waals surface area (Å²) in [5.74, 6) is 0.211. The average molecular weight is 300 g/mol. The summed E-state index contributed by atoms with van der Waals surface area (Å²) in [6.45, 7) is 1.08. The summed E-state index contributed by atoms with van der Waals surface area (Å²) in [5.41, 5.74) is 0.757. The van der Waals surface area contributed by atoms with Gasteiger partial charge >= 0.3 is 0 Å². The van der Waals surface area contributed by atoms with E-state index in [-0.39, 0.29) is 5.78 Å². The molecule has 1 aromatic carbocycles. The fourth-order valence-electron chi connectivity index (χ4n) is 2.49. The predicted octanol–water partition coefficient (Wildman–Crippen LogP) is 4.03. The molecule has 19 heavy (non-hydrogen) atoms. The Labute approximate surface area is 124 Å². The van der Waals surface area contributed by atoms with E-state index in [0.29, 0.717) is 28.9 Å². The largest absolute Gasteiger partial charge is 0.314 e. The van der Waals surface area contributed by atoms with E-state index in [1.807, 2.05) is 0 Å². The molecule has 1 aliphatic heterocycles. The maximum absolute atomic E-state index is 12.0. The maximum atomic E-state index is 12.0. The monoisotopic (exact) mass is 299 g/mol. The molecule has 2 nitrogen and oxygen atoms in total. The molecular weight excluding hydrogens is 281 g/mol. The van der Waals surface area contributed by atoms with E-state index in [1.165, 1.54) is 19.3 Å². The van der Waals surface area contributed by atoms with Crippen LogP contribution in [0, 0.1) is 0 Å². The van der Waals surface area contributed by atoms with Crippen molar-refractivity contribution < 1.29 is 4.79 Å². The molecular formula is C15H19Cl2NO. The third kappa shape index (κ3) is 4.48. The van der Waals surface area contributed by atoms with Crippen molar-refractivity contribution in [1.82, 2.24) is 5.32 Å². The Hall–Kier alpha value is -0.570. The standard InChI is InChI=1S/C15H19Cl2NO/c16-14-5-3-6-15(17)13(14)10-12(19)8-7-11-4-1-2-9-18-11/h3,5-6,11,18H,1-2,4,7-10H2. The van der Waals surface area contributed by atoms with Crippen molar-refractivity contribution >= 4 is 29.0 Å². The average Bonchev–Trinajstić information content (AvgIpc) is 2.42. The van der Waals surface area contributed by atoms with Crippen molar-refractivity contribution in [3.8, 4) is 0 Å². The quantitative estimate of drug-likeness (QED) is 0.889. The van der Waals surface area contributed by atoms with Gasteiger partial charge in [-0.3, -0.25) is 4.79 Å². The van der Waals surface area contributed by atoms with Crippen molar-refractivity contribution in [3.05, 3.63) is 33.8 Å². The number of carbonyl (C=O) groups is 1. The summed E-state index contributed by atoms with van der Waals surface area (Å²) in [4.78, 5) is 12.0. The number of ketones is 1. The number of Topliss-reactive ketones (excluding diaryl/α,β-unsaturated/α-hetero) is 1. The summed E-state index contributed by atoms with van der Waals surface area (Å²) in [6, 6.07) is 5.85. The molecule has 1 aliphatic rings. The molecule has 0 saturated carbocycles. The molecule has 104 valence electrons. The van der Waals surface area contributed by atoms with Gasteiger partial charge in [0.15, 0.2) is 0 Å². The SMILES string of the molecule is O=C(CCC1CCCCN1)Cc1c(Cl)cccc1Cl. The van der Waals surface area contributed by atoms with Crippen molar-refractivity contribution in [2.45, 2.75) is 44.6 Å². The Kier molecular flexibility index (Phi) is 5.68. The molecule has 0 aliphatic carbocycles. The van der Waals surface area contributed by atoms with Crippen LogP contribution in [0.5, 0.6) is 0 Å². The normalized spacial score (nSPS) is 19.4. The fourth-order valence-corrected chi connectivity index (χ4v) is 3.02. The minimum absolute atomic E-state index is 0.211. The highest BCUT2D eigenvalue weighted by atomic mass is 35.5. The van der Waals surface area contributed by atoms with Gasteiger partial charge in [0, 0.05) is 28.9 Å². The van der Waals surface area contributed by atoms with Gasteiger partial charge in [-0.05, 0) is 43.5 Å². The molecule has 4 heteroatoms. The first kappa shape index (κ1) is 14.8. The zero-order valence-electron chi connectivity index (χ0n) is 10.9. The highest BCUT2D eigenvalue weighted by Crippen LogP contribution is 2.25. The zero-order valence-corrected chi connectivity index (χ0v) is 12.4. The summed E-state index contributed by atoms with van der Waals surface area (Å²) >= 11 is 12.1. The Balaban J connectivity index is 1.83. The van der Waals surface area contributed by atoms with Gasteiger partial charge in [0.05, 0.1) is 0 Å². The first-order valence-corrected chi connectivity index (χ1v) is 7.60. The van der Waals surface area contributed by atoms with Crippen LogP contribution in [0.25, 0.3) is 0 Å². The summed E-state index contributed by atoms with van der Waals surface area (Å²) in [7, 11) is 0. The number of piperidine rings is 1. The van der Waals surface area contributed by atoms with Crippen LogP contribution in [0.2, 0.25) is 10.0 Å². The number of rotatable bonds is 5. The van der Waals surface area contributed by atoms with E-state index in [4.69, 9.17) is 23.2 Å². The predicted molar refractivity (Wildman–Crippen MR) is 80.0 cm³/mol. The van der Waals surface area contributed by atoms with E-state index in [0.717, 1.165) is 18.5 Å². The Morgan fingerprint density at radius 1 is 1.26 bits per heavy atom. The number of carbonyl (C=O) groups excluding carboxylic acids is 1. The zero-order chi connectivity index (χ0) is 13.7. The van der Waals surface area contributed by atoms with Crippen LogP contribution in [0.1, 0.15) is 37.7 Å². The van der Waals surface area contributed by atoms with E-state index in [1.54, 1.807) is 18.2 Å². The lowest BCUT2D eigenvalue weighted by molar-refractivity contribution is -0.118. The van der Waals surface area contributed by atoms with Crippen LogP contribution in [0.3, 0.4) is 0 Å². The lowest BCUT2D eigenvalue weighted by Crippen LogP contribution is -2.34. The highest BCUT2D eigenvalue weighted by molar-refractivity contribution is 6.36. The van der Waals surface area contributed by atoms with Gasteiger partial charge in [0.25, 0.3) is 0 Å². The van der Waals surface area contributed by atoms with Gasteiger partial charge in [-0.2, -0.15) is 0 Å². The second-order valence-corrected chi connectivity index (χ2v) is 5.92. The smallest absolute Gasteiger partial charge is 0.137 e. The van der Waals surface area contributed by atoms with Gasteiger partial charge in [-0.1, -0.05) is 35.7 Å². The third-order valence-electron chi connectivity index (χ3n) is 3.62. The number of halogens is 2. The van der Waals surface area contributed by atoms with Crippen molar-refractivity contribution in [2.24, 2.45) is 0 Å². The second kappa shape index (κ2) is 7.28. The second-order valence-electron chi connectivity index (χ2n) is 5.10. The van der Waals surface area contributed by atoms with Crippen molar-refractivity contribution in [2.75, 3.05) is 6.54 Å². The molecule has 0 radical (unpaired) electrons. The summed E-state index contributed by atoms with van der Waals surface area (Å²) < 4.78 is 0. The van der Waals surface area contributed by atoms with Gasteiger partial charge in [0.1, 0.15) is 5.78 Å². The summed E-state index contributed by atoms with van der Waals surface area (Å²) in [5, 5.41) is 4.62. The molecule has 2 rings (SSSR count). The van der Waals surface area contributed by atoms with Crippen LogP contribution >= 0.6 is 23.2 Å². The van der Waals surface area contributed by atoms with Gasteiger partial charge in [-0.25, -0.2) is 0 Å². The highest BCUT2D eigenvalue weighted by Gasteiger charge is 2.15. The Morgan fingerprint density at radius 2 is 2.00 bits per heavy atom. The molecule has 1 saturated heterocycles. The van der Waals surface area contributed by atoms with Gasteiger partial charge in [0.2, 0.25) is 0 Å². The van der Waals surface area contributed by atoms with Crippen molar-refractivity contribution in [3.63, 3.8) is 0 Å². The van der Waals surface area contributed by atoms with Crippen LogP contribution in [0.15, 0.2) is 18.2 Å². The lowest BCUT2D eigenvalue weighted by Gasteiger charge is -2.23. The van der Waals surface area contributed by atoms with Crippen LogP contribution in [-0.2, 0) is 11.2 Å². The number of nitrogens with one attached hydrogen (secondary N) is 1. The molecule has 1 heterocycles. The molecule has 0 amide bonds. The molecule has 1 atom stereocenters. The van der Waals surface area contributed by atoms with Crippen LogP contribution in [-0.4, -0.2) is 18.4 Å². The minimum Gasteiger partial charge on any atom is -0.314 e. The Morgan fingerprint density at radius 3 is 2.63 bits per heavy atom. The molecule has 1 unspecified atom stereocenters. The van der Waals surface area contributed by atoms with E-state index < -0.39 is 0 Å². The summed E-state index contributed by atoms with van der Waals surface area (Å²) in [6.07, 6.45) is 5.55. The molecule has 1 N–H and O–H groups in total. The first-order valence-electron chi connectivity index (χ1n) is 6.85. The molecule has 0 spiro atoms. The lowest BCUT2D eigenvalue weighted by atomic mass is 9.97. The molecule has 1 fully saturated rings. The topological polar surface area (TPSA) is 29.1 Å². The van der Waals surface area contributed by atoms with E-state index in [2.05, 4.69) is 5.32 Å². The van der Waals surface area contributed by atoms with Crippen LogP contribution < -0.4 is 5.32 Å². The van der Waals surface area contributed by atoms with E-state index in [9.17, 15) is 4.79 Å². The molecule has 1 aromatic rings. The first-order chi connectivity index (χ1) is 9.16. The molecule has 0 bridgehead atoms. The van der Waals surface area contributed by atoms with Gasteiger partial charge < -0.3 is 5.32 Å². The van der Waals surface area contributed by atoms with Crippen LogP contribution in [0.4, 0.5) is 0 Å². The minimum atomic E-state index is 0.211. The number of hydrogen-bond donors (Lipinski definition) is 1. The van der Waals surface area contributed by atoms with Crippen molar-refractivity contribution in [1.29, 1.82) is 0 Å². The maximum Gasteiger partial charge on any atom is 0.137 e.